The highest BCUT2D eigenvalue weighted by atomic mass is 19.1. The number of nitrogens with two attached hydrogens (primary N) is 1. The number of hydrogen-bond donors (Lipinski definition) is 1. The molecule has 1 aromatic heterocycles. The van der Waals surface area contributed by atoms with E-state index in [1.807, 2.05) is 0 Å². The van der Waals surface area contributed by atoms with Gasteiger partial charge in [0, 0.05) is 18.3 Å². The molecule has 0 aliphatic rings. The van der Waals surface area contributed by atoms with E-state index in [1.165, 1.54) is 24.5 Å². The van der Waals surface area contributed by atoms with Crippen LogP contribution < -0.4 is 10.5 Å². The quantitative estimate of drug-likeness (QED) is 0.666. The van der Waals surface area contributed by atoms with Gasteiger partial charge < -0.3 is 10.5 Å². The summed E-state index contributed by atoms with van der Waals surface area (Å²) in [7, 11) is 0. The van der Waals surface area contributed by atoms with E-state index >= 15 is 0 Å². The van der Waals surface area contributed by atoms with Crippen LogP contribution in [0.15, 0.2) is 36.7 Å². The lowest BCUT2D eigenvalue weighted by molar-refractivity contribution is -0.385. The highest BCUT2D eigenvalue weighted by Gasteiger charge is 2.20. The van der Waals surface area contributed by atoms with Crippen molar-refractivity contribution in [3.8, 4) is 11.5 Å². The van der Waals surface area contributed by atoms with Gasteiger partial charge in [-0.1, -0.05) is 6.07 Å². The minimum Gasteiger partial charge on any atom is -0.445 e. The molecule has 1 heterocycles. The van der Waals surface area contributed by atoms with Gasteiger partial charge >= 0.3 is 5.69 Å². The Balaban J connectivity index is 2.46. The first-order valence-electron chi connectivity index (χ1n) is 4.90. The van der Waals surface area contributed by atoms with Gasteiger partial charge in [0.2, 0.25) is 5.75 Å². The molecule has 0 aliphatic heterocycles. The average molecular weight is 249 g/mol. The van der Waals surface area contributed by atoms with Gasteiger partial charge in [0.1, 0.15) is 0 Å². The van der Waals surface area contributed by atoms with Gasteiger partial charge in [0.25, 0.3) is 0 Å². The van der Waals surface area contributed by atoms with Gasteiger partial charge in [-0.25, -0.2) is 4.39 Å². The second-order valence-electron chi connectivity index (χ2n) is 3.36. The summed E-state index contributed by atoms with van der Waals surface area (Å²) >= 11 is 0. The molecule has 7 heteroatoms. The summed E-state index contributed by atoms with van der Waals surface area (Å²) in [6, 6.07) is 4.84. The first-order valence-corrected chi connectivity index (χ1v) is 4.90. The lowest BCUT2D eigenvalue weighted by Crippen LogP contribution is -1.98. The van der Waals surface area contributed by atoms with Crippen molar-refractivity contribution in [2.24, 2.45) is 0 Å². The Hall–Kier alpha value is -2.70. The van der Waals surface area contributed by atoms with E-state index in [9.17, 15) is 14.5 Å². The van der Waals surface area contributed by atoms with E-state index < -0.39 is 22.2 Å². The highest BCUT2D eigenvalue weighted by Crippen LogP contribution is 2.35. The molecule has 18 heavy (non-hydrogen) atoms. The Morgan fingerprint density at radius 2 is 2.17 bits per heavy atom. The predicted molar refractivity (Wildman–Crippen MR) is 61.8 cm³/mol. The molecule has 0 bridgehead atoms. The third-order valence-corrected chi connectivity index (χ3v) is 2.17. The fraction of sp³-hybridized carbons (Fsp3) is 0. The van der Waals surface area contributed by atoms with Crippen molar-refractivity contribution in [2.45, 2.75) is 0 Å². The van der Waals surface area contributed by atoms with Crippen LogP contribution in [-0.2, 0) is 0 Å². The number of nitro groups is 1. The van der Waals surface area contributed by atoms with E-state index in [4.69, 9.17) is 10.5 Å². The standard InChI is InChI=1S/C11H8FN3O3/c12-7-2-1-3-9(15(16)17)11(7)18-10-4-5-14-6-8(10)13/h1-6H,13H2. The summed E-state index contributed by atoms with van der Waals surface area (Å²) in [5.41, 5.74) is 5.26. The maximum Gasteiger partial charge on any atom is 0.314 e. The minimum absolute atomic E-state index is 0.109. The molecule has 0 saturated heterocycles. The number of ether oxygens (including phenoxy) is 1. The molecular weight excluding hydrogens is 241 g/mol. The van der Waals surface area contributed by atoms with Gasteiger partial charge in [-0.15, -0.1) is 0 Å². The largest absolute Gasteiger partial charge is 0.445 e. The van der Waals surface area contributed by atoms with Gasteiger partial charge in [-0.2, -0.15) is 0 Å². The molecule has 1 aromatic carbocycles. The van der Waals surface area contributed by atoms with Crippen molar-refractivity contribution in [3.63, 3.8) is 0 Å². The van der Waals surface area contributed by atoms with Crippen molar-refractivity contribution in [1.29, 1.82) is 0 Å². The number of pyridine rings is 1. The van der Waals surface area contributed by atoms with Crippen LogP contribution in [0.25, 0.3) is 0 Å². The number of para-hydroxylation sites is 1. The number of rotatable bonds is 3. The molecule has 2 aromatic rings. The number of hydrogen-bond acceptors (Lipinski definition) is 5. The molecule has 0 saturated carbocycles. The second-order valence-corrected chi connectivity index (χ2v) is 3.36. The molecule has 2 rings (SSSR count). The number of benzene rings is 1. The molecule has 0 spiro atoms. The van der Waals surface area contributed by atoms with Gasteiger partial charge in [0.15, 0.2) is 11.6 Å². The fourth-order valence-corrected chi connectivity index (χ4v) is 1.34. The zero-order valence-electron chi connectivity index (χ0n) is 9.04. The van der Waals surface area contributed by atoms with Crippen LogP contribution in [0.1, 0.15) is 0 Å². The van der Waals surface area contributed by atoms with Crippen LogP contribution in [0.4, 0.5) is 15.8 Å². The highest BCUT2D eigenvalue weighted by molar-refractivity contribution is 5.55. The van der Waals surface area contributed by atoms with Gasteiger partial charge in [-0.3, -0.25) is 15.1 Å². The summed E-state index contributed by atoms with van der Waals surface area (Å²) in [6.07, 6.45) is 2.69. The van der Waals surface area contributed by atoms with E-state index in [2.05, 4.69) is 4.98 Å². The number of anilines is 1. The van der Waals surface area contributed by atoms with E-state index in [-0.39, 0.29) is 11.4 Å². The average Bonchev–Trinajstić information content (AvgIpc) is 2.34. The number of halogens is 1. The van der Waals surface area contributed by atoms with Crippen molar-refractivity contribution in [1.82, 2.24) is 4.98 Å². The Labute approximate surface area is 101 Å². The van der Waals surface area contributed by atoms with E-state index in [0.717, 1.165) is 12.1 Å². The number of aromatic nitrogens is 1. The normalized spacial score (nSPS) is 10.1. The third kappa shape index (κ3) is 2.19. The zero-order valence-corrected chi connectivity index (χ0v) is 9.04. The van der Waals surface area contributed by atoms with Gasteiger partial charge in [-0.05, 0) is 6.07 Å². The maximum absolute atomic E-state index is 13.5. The molecule has 0 aliphatic carbocycles. The predicted octanol–water partition coefficient (Wildman–Crippen LogP) is 2.50. The topological polar surface area (TPSA) is 91.3 Å². The third-order valence-electron chi connectivity index (χ3n) is 2.17. The van der Waals surface area contributed by atoms with Crippen molar-refractivity contribution >= 4 is 11.4 Å². The molecular formula is C11H8FN3O3. The molecule has 0 radical (unpaired) electrons. The number of nitrogen functional groups attached to an aromatic ring is 1. The van der Waals surface area contributed by atoms with Crippen LogP contribution in [0.3, 0.4) is 0 Å². The van der Waals surface area contributed by atoms with Crippen molar-refractivity contribution < 1.29 is 14.1 Å². The van der Waals surface area contributed by atoms with Crippen LogP contribution in [0, 0.1) is 15.9 Å². The monoisotopic (exact) mass is 249 g/mol. The van der Waals surface area contributed by atoms with Crippen LogP contribution in [0.2, 0.25) is 0 Å². The minimum atomic E-state index is -0.833. The number of nitrogens with zero attached hydrogens (tertiary/aromatic N) is 2. The van der Waals surface area contributed by atoms with Crippen LogP contribution >= 0.6 is 0 Å². The van der Waals surface area contributed by atoms with Crippen LogP contribution in [0.5, 0.6) is 11.5 Å². The molecule has 92 valence electrons. The zero-order chi connectivity index (χ0) is 13.1. The maximum atomic E-state index is 13.5. The van der Waals surface area contributed by atoms with Crippen LogP contribution in [-0.4, -0.2) is 9.91 Å². The molecule has 0 atom stereocenters. The van der Waals surface area contributed by atoms with Crippen molar-refractivity contribution in [3.05, 3.63) is 52.6 Å². The van der Waals surface area contributed by atoms with Gasteiger partial charge in [0.05, 0.1) is 16.8 Å². The molecule has 0 fully saturated rings. The SMILES string of the molecule is Nc1cnccc1Oc1c(F)cccc1[N+](=O)[O-]. The van der Waals surface area contributed by atoms with Crippen molar-refractivity contribution in [2.75, 3.05) is 5.73 Å². The smallest absolute Gasteiger partial charge is 0.314 e. The summed E-state index contributed by atoms with van der Waals surface area (Å²) in [4.78, 5) is 13.8. The Morgan fingerprint density at radius 3 is 2.83 bits per heavy atom. The molecule has 0 unspecified atom stereocenters. The summed E-state index contributed by atoms with van der Waals surface area (Å²) in [6.45, 7) is 0. The van der Waals surface area contributed by atoms with E-state index in [1.54, 1.807) is 0 Å². The lowest BCUT2D eigenvalue weighted by Gasteiger charge is -2.08. The Morgan fingerprint density at radius 1 is 1.39 bits per heavy atom. The molecule has 2 N–H and O–H groups in total. The molecule has 0 amide bonds. The first-order chi connectivity index (χ1) is 8.59. The Bertz CT molecular complexity index is 604. The first kappa shape index (κ1) is 11.8. The summed E-state index contributed by atoms with van der Waals surface area (Å²) < 4.78 is 18.7. The fourth-order valence-electron chi connectivity index (χ4n) is 1.34. The lowest BCUT2D eigenvalue weighted by atomic mass is 10.3. The Kier molecular flexibility index (Phi) is 3.05. The number of nitro benzene ring substituents is 1. The van der Waals surface area contributed by atoms with E-state index in [0.29, 0.717) is 0 Å². The second kappa shape index (κ2) is 4.66. The molecule has 6 nitrogen and oxygen atoms in total. The summed E-state index contributed by atoms with van der Waals surface area (Å²) in [5.74, 6) is -1.20. The summed E-state index contributed by atoms with van der Waals surface area (Å²) in [5, 5.41) is 10.8.